The largest absolute Gasteiger partial charge is 0.478 e. The summed E-state index contributed by atoms with van der Waals surface area (Å²) in [5.41, 5.74) is 2.70. The Labute approximate surface area is 97.3 Å². The van der Waals surface area contributed by atoms with Gasteiger partial charge in [-0.25, -0.2) is 4.79 Å². The summed E-state index contributed by atoms with van der Waals surface area (Å²) in [6.07, 6.45) is 1.42. The summed E-state index contributed by atoms with van der Waals surface area (Å²) < 4.78 is 0. The van der Waals surface area contributed by atoms with E-state index in [4.69, 9.17) is 10.4 Å². The van der Waals surface area contributed by atoms with Crippen molar-refractivity contribution < 1.29 is 9.90 Å². The average molecular weight is 227 g/mol. The molecule has 2 aromatic rings. The first-order valence-electron chi connectivity index (χ1n) is 4.91. The maximum Gasteiger partial charge on any atom is 0.335 e. The third kappa shape index (κ3) is 1.88. The fraction of sp³-hybridized carbons (Fsp3) is 0.0833. The highest BCUT2D eigenvalue weighted by Crippen LogP contribution is 2.25. The highest BCUT2D eigenvalue weighted by atomic mass is 16.4. The first-order chi connectivity index (χ1) is 8.13. The normalized spacial score (nSPS) is 9.88. The van der Waals surface area contributed by atoms with Gasteiger partial charge < -0.3 is 5.11 Å². The van der Waals surface area contributed by atoms with E-state index >= 15 is 0 Å². The number of carbonyl (C=O) groups is 1. The van der Waals surface area contributed by atoms with E-state index in [9.17, 15) is 4.79 Å². The molecule has 1 heterocycles. The van der Waals surface area contributed by atoms with Crippen molar-refractivity contribution in [2.24, 2.45) is 0 Å². The SMILES string of the molecule is Cc1ccc(C(=O)O)cc1-c1[nH]ncc1C#N. The zero-order valence-corrected chi connectivity index (χ0v) is 9.06. The van der Waals surface area contributed by atoms with Gasteiger partial charge in [-0.3, -0.25) is 5.10 Å². The number of hydrogen-bond acceptors (Lipinski definition) is 3. The molecule has 0 spiro atoms. The number of aromatic nitrogens is 2. The van der Waals surface area contributed by atoms with Crippen LogP contribution in [-0.2, 0) is 0 Å². The molecule has 0 radical (unpaired) electrons. The summed E-state index contributed by atoms with van der Waals surface area (Å²) in [5.74, 6) is -0.996. The quantitative estimate of drug-likeness (QED) is 0.820. The molecule has 2 N–H and O–H groups in total. The van der Waals surface area contributed by atoms with E-state index in [-0.39, 0.29) is 5.56 Å². The van der Waals surface area contributed by atoms with Crippen LogP contribution in [0.4, 0.5) is 0 Å². The zero-order valence-electron chi connectivity index (χ0n) is 9.06. The predicted molar refractivity (Wildman–Crippen MR) is 60.4 cm³/mol. The summed E-state index contributed by atoms with van der Waals surface area (Å²) in [6.45, 7) is 1.85. The predicted octanol–water partition coefficient (Wildman–Crippen LogP) is 1.95. The van der Waals surface area contributed by atoms with Gasteiger partial charge in [-0.2, -0.15) is 10.4 Å². The molecule has 0 fully saturated rings. The van der Waals surface area contributed by atoms with E-state index in [1.165, 1.54) is 18.3 Å². The smallest absolute Gasteiger partial charge is 0.335 e. The number of rotatable bonds is 2. The fourth-order valence-corrected chi connectivity index (χ4v) is 1.60. The van der Waals surface area contributed by atoms with Crippen LogP contribution in [0, 0.1) is 18.3 Å². The summed E-state index contributed by atoms with van der Waals surface area (Å²) >= 11 is 0. The Morgan fingerprint density at radius 1 is 1.53 bits per heavy atom. The highest BCUT2D eigenvalue weighted by molar-refractivity contribution is 5.90. The summed E-state index contributed by atoms with van der Waals surface area (Å²) in [7, 11) is 0. The summed E-state index contributed by atoms with van der Waals surface area (Å²) in [5, 5.41) is 24.3. The van der Waals surface area contributed by atoms with E-state index in [1.807, 2.05) is 13.0 Å². The number of aromatic carboxylic acids is 1. The van der Waals surface area contributed by atoms with E-state index in [0.29, 0.717) is 16.8 Å². The molecule has 0 bridgehead atoms. The molecule has 1 aromatic heterocycles. The fourth-order valence-electron chi connectivity index (χ4n) is 1.60. The number of carboxylic acids is 1. The summed E-state index contributed by atoms with van der Waals surface area (Å²) in [4.78, 5) is 10.9. The molecule has 0 aliphatic rings. The van der Waals surface area contributed by atoms with Crippen molar-refractivity contribution in [1.82, 2.24) is 10.2 Å². The summed E-state index contributed by atoms with van der Waals surface area (Å²) in [6, 6.07) is 6.78. The van der Waals surface area contributed by atoms with E-state index in [2.05, 4.69) is 10.2 Å². The second-order valence-corrected chi connectivity index (χ2v) is 3.61. The Kier molecular flexibility index (Phi) is 2.63. The number of carboxylic acid groups (broad SMARTS) is 1. The molecule has 84 valence electrons. The van der Waals surface area contributed by atoms with E-state index < -0.39 is 5.97 Å². The lowest BCUT2D eigenvalue weighted by molar-refractivity contribution is 0.0697. The van der Waals surface area contributed by atoms with Crippen LogP contribution < -0.4 is 0 Å². The number of nitriles is 1. The standard InChI is InChI=1S/C12H9N3O2/c1-7-2-3-8(12(16)17)4-10(7)11-9(5-13)6-14-15-11/h2-4,6H,1H3,(H,14,15)(H,16,17). The first kappa shape index (κ1) is 10.9. The molecule has 0 saturated heterocycles. The van der Waals surface area contributed by atoms with Crippen LogP contribution in [0.1, 0.15) is 21.5 Å². The van der Waals surface area contributed by atoms with Gasteiger partial charge in [0.1, 0.15) is 6.07 Å². The Balaban J connectivity index is 2.63. The molecule has 1 aromatic carbocycles. The van der Waals surface area contributed by atoms with Gasteiger partial charge >= 0.3 is 5.97 Å². The van der Waals surface area contributed by atoms with Gasteiger partial charge in [-0.1, -0.05) is 6.07 Å². The van der Waals surface area contributed by atoms with Gasteiger partial charge in [0, 0.05) is 5.56 Å². The van der Waals surface area contributed by atoms with Gasteiger partial charge in [0.25, 0.3) is 0 Å². The molecule has 0 unspecified atom stereocenters. The van der Waals surface area contributed by atoms with E-state index in [1.54, 1.807) is 6.07 Å². The van der Waals surface area contributed by atoms with Crippen LogP contribution in [0.5, 0.6) is 0 Å². The minimum absolute atomic E-state index is 0.184. The maximum absolute atomic E-state index is 10.9. The Morgan fingerprint density at radius 3 is 2.94 bits per heavy atom. The third-order valence-corrected chi connectivity index (χ3v) is 2.51. The molecular formula is C12H9N3O2. The van der Waals surface area contributed by atoms with Crippen LogP contribution in [0.25, 0.3) is 11.3 Å². The number of hydrogen-bond donors (Lipinski definition) is 2. The monoisotopic (exact) mass is 227 g/mol. The van der Waals surface area contributed by atoms with Crippen molar-refractivity contribution >= 4 is 5.97 Å². The minimum atomic E-state index is -0.996. The molecule has 2 rings (SSSR count). The second-order valence-electron chi connectivity index (χ2n) is 3.61. The number of nitrogens with zero attached hydrogens (tertiary/aromatic N) is 2. The minimum Gasteiger partial charge on any atom is -0.478 e. The number of aryl methyl sites for hydroxylation is 1. The zero-order chi connectivity index (χ0) is 12.4. The Morgan fingerprint density at radius 2 is 2.29 bits per heavy atom. The van der Waals surface area contributed by atoms with E-state index in [0.717, 1.165) is 5.56 Å². The van der Waals surface area contributed by atoms with Crippen LogP contribution in [0.2, 0.25) is 0 Å². The number of H-pyrrole nitrogens is 1. The molecule has 0 atom stereocenters. The molecule has 0 saturated carbocycles. The van der Waals surface area contributed by atoms with Crippen molar-refractivity contribution in [3.05, 3.63) is 41.1 Å². The topological polar surface area (TPSA) is 89.8 Å². The van der Waals surface area contributed by atoms with Gasteiger partial charge in [0.15, 0.2) is 0 Å². The Bertz CT molecular complexity index is 623. The number of nitrogens with one attached hydrogen (secondary N) is 1. The molecule has 5 heteroatoms. The lowest BCUT2D eigenvalue weighted by atomic mass is 10.0. The number of benzene rings is 1. The third-order valence-electron chi connectivity index (χ3n) is 2.51. The van der Waals surface area contributed by atoms with Crippen molar-refractivity contribution in [2.45, 2.75) is 6.92 Å². The first-order valence-corrected chi connectivity index (χ1v) is 4.91. The van der Waals surface area contributed by atoms with Crippen molar-refractivity contribution in [3.8, 4) is 17.3 Å². The lowest BCUT2D eigenvalue weighted by Crippen LogP contribution is -1.98. The van der Waals surface area contributed by atoms with Crippen LogP contribution in [0.15, 0.2) is 24.4 Å². The molecule has 17 heavy (non-hydrogen) atoms. The molecular weight excluding hydrogens is 218 g/mol. The molecule has 0 aliphatic carbocycles. The lowest BCUT2D eigenvalue weighted by Gasteiger charge is -2.05. The molecule has 5 nitrogen and oxygen atoms in total. The van der Waals surface area contributed by atoms with Gasteiger partial charge in [-0.15, -0.1) is 0 Å². The average Bonchev–Trinajstić information content (AvgIpc) is 2.77. The highest BCUT2D eigenvalue weighted by Gasteiger charge is 2.12. The maximum atomic E-state index is 10.9. The van der Waals surface area contributed by atoms with Crippen molar-refractivity contribution in [1.29, 1.82) is 5.26 Å². The second kappa shape index (κ2) is 4.10. The van der Waals surface area contributed by atoms with Gasteiger partial charge in [0.2, 0.25) is 0 Å². The van der Waals surface area contributed by atoms with Crippen molar-refractivity contribution in [3.63, 3.8) is 0 Å². The van der Waals surface area contributed by atoms with Crippen LogP contribution >= 0.6 is 0 Å². The van der Waals surface area contributed by atoms with Gasteiger partial charge in [0.05, 0.1) is 23.0 Å². The molecule has 0 amide bonds. The number of aromatic amines is 1. The van der Waals surface area contributed by atoms with Crippen LogP contribution in [0.3, 0.4) is 0 Å². The van der Waals surface area contributed by atoms with Gasteiger partial charge in [-0.05, 0) is 24.6 Å². The Hall–Kier alpha value is -2.61. The molecule has 0 aliphatic heterocycles. The van der Waals surface area contributed by atoms with Crippen molar-refractivity contribution in [2.75, 3.05) is 0 Å². The van der Waals surface area contributed by atoms with Crippen LogP contribution in [-0.4, -0.2) is 21.3 Å².